The Bertz CT molecular complexity index is 194. The molecule has 0 radical (unpaired) electrons. The van der Waals surface area contributed by atoms with Gasteiger partial charge in [0.2, 0.25) is 0 Å². The molecule has 1 aliphatic heterocycles. The smallest absolute Gasteiger partial charge is 0.0474 e. The van der Waals surface area contributed by atoms with E-state index >= 15 is 0 Å². The molecule has 0 amide bonds. The molecule has 1 atom stereocenters. The highest BCUT2D eigenvalue weighted by molar-refractivity contribution is 4.91. The van der Waals surface area contributed by atoms with Gasteiger partial charge in [-0.25, -0.2) is 0 Å². The number of rotatable bonds is 6. The van der Waals surface area contributed by atoms with Gasteiger partial charge < -0.3 is 10.1 Å². The molecule has 0 aromatic rings. The number of nitrogens with one attached hydrogen (secondary N) is 1. The van der Waals surface area contributed by atoms with Gasteiger partial charge in [-0.05, 0) is 26.7 Å². The summed E-state index contributed by atoms with van der Waals surface area (Å²) in [6.45, 7) is 11.2. The van der Waals surface area contributed by atoms with E-state index in [2.05, 4.69) is 31.0 Å². The van der Waals surface area contributed by atoms with Crippen molar-refractivity contribution in [2.75, 3.05) is 33.4 Å². The lowest BCUT2D eigenvalue weighted by Crippen LogP contribution is -2.61. The fraction of sp³-hybridized carbons (Fsp3) is 1.00. The van der Waals surface area contributed by atoms with E-state index in [9.17, 15) is 0 Å². The maximum atomic E-state index is 5.14. The minimum atomic E-state index is 0.261. The predicted octanol–water partition coefficient (Wildman–Crippen LogP) is 1.88. The topological polar surface area (TPSA) is 24.5 Å². The second-order valence-electron chi connectivity index (χ2n) is 5.52. The van der Waals surface area contributed by atoms with Gasteiger partial charge in [0, 0.05) is 44.9 Å². The lowest BCUT2D eigenvalue weighted by Gasteiger charge is -2.44. The molecular weight excluding hydrogens is 200 g/mol. The molecule has 1 N–H and O–H groups in total. The third-order valence-corrected chi connectivity index (χ3v) is 3.35. The summed E-state index contributed by atoms with van der Waals surface area (Å²) in [5, 5.41) is 3.64. The monoisotopic (exact) mass is 228 g/mol. The second-order valence-corrected chi connectivity index (χ2v) is 5.52. The standard InChI is InChI=1S/C13H28N2O/c1-5-7-12-10-14-13(2,3)11-15(12)8-6-9-16-4/h12,14H,5-11H2,1-4H3. The van der Waals surface area contributed by atoms with Gasteiger partial charge in [0.15, 0.2) is 0 Å². The molecule has 3 nitrogen and oxygen atoms in total. The highest BCUT2D eigenvalue weighted by Gasteiger charge is 2.31. The molecule has 1 unspecified atom stereocenters. The van der Waals surface area contributed by atoms with Crippen LogP contribution in [-0.2, 0) is 4.74 Å². The summed E-state index contributed by atoms with van der Waals surface area (Å²) < 4.78 is 5.14. The van der Waals surface area contributed by atoms with Crippen molar-refractivity contribution >= 4 is 0 Å². The van der Waals surface area contributed by atoms with Gasteiger partial charge >= 0.3 is 0 Å². The highest BCUT2D eigenvalue weighted by Crippen LogP contribution is 2.18. The van der Waals surface area contributed by atoms with Crippen molar-refractivity contribution in [3.8, 4) is 0 Å². The maximum absolute atomic E-state index is 5.14. The molecule has 96 valence electrons. The van der Waals surface area contributed by atoms with E-state index < -0.39 is 0 Å². The molecule has 16 heavy (non-hydrogen) atoms. The average molecular weight is 228 g/mol. The molecular formula is C13H28N2O. The van der Waals surface area contributed by atoms with Crippen LogP contribution >= 0.6 is 0 Å². The quantitative estimate of drug-likeness (QED) is 0.703. The van der Waals surface area contributed by atoms with Crippen LogP contribution in [0, 0.1) is 0 Å². The lowest BCUT2D eigenvalue weighted by atomic mass is 9.96. The summed E-state index contributed by atoms with van der Waals surface area (Å²) in [5.74, 6) is 0. The van der Waals surface area contributed by atoms with Gasteiger partial charge in [0.05, 0.1) is 0 Å². The van der Waals surface area contributed by atoms with E-state index in [1.165, 1.54) is 19.4 Å². The minimum absolute atomic E-state index is 0.261. The zero-order valence-corrected chi connectivity index (χ0v) is 11.4. The highest BCUT2D eigenvalue weighted by atomic mass is 16.5. The fourth-order valence-corrected chi connectivity index (χ4v) is 2.51. The lowest BCUT2D eigenvalue weighted by molar-refractivity contribution is 0.0780. The van der Waals surface area contributed by atoms with Crippen LogP contribution in [0.1, 0.15) is 40.0 Å². The number of ether oxygens (including phenoxy) is 1. The Labute approximate surface area is 101 Å². The van der Waals surface area contributed by atoms with E-state index in [0.717, 1.165) is 32.2 Å². The molecule has 1 rings (SSSR count). The van der Waals surface area contributed by atoms with Crippen LogP contribution in [0.4, 0.5) is 0 Å². The van der Waals surface area contributed by atoms with E-state index in [0.29, 0.717) is 0 Å². The van der Waals surface area contributed by atoms with Gasteiger partial charge in [-0.15, -0.1) is 0 Å². The molecule has 0 aliphatic carbocycles. The van der Waals surface area contributed by atoms with Crippen molar-refractivity contribution in [1.29, 1.82) is 0 Å². The number of hydrogen-bond acceptors (Lipinski definition) is 3. The van der Waals surface area contributed by atoms with Crippen LogP contribution < -0.4 is 5.32 Å². The Morgan fingerprint density at radius 1 is 1.44 bits per heavy atom. The van der Waals surface area contributed by atoms with Crippen LogP contribution in [0.25, 0.3) is 0 Å². The SMILES string of the molecule is CCCC1CNC(C)(C)CN1CCCOC. The zero-order chi connectivity index (χ0) is 12.0. The molecule has 0 aromatic heterocycles. The molecule has 0 spiro atoms. The Balaban J connectivity index is 2.43. The Morgan fingerprint density at radius 2 is 2.19 bits per heavy atom. The Morgan fingerprint density at radius 3 is 2.81 bits per heavy atom. The number of piperazine rings is 1. The van der Waals surface area contributed by atoms with Crippen molar-refractivity contribution in [2.45, 2.75) is 51.6 Å². The fourth-order valence-electron chi connectivity index (χ4n) is 2.51. The van der Waals surface area contributed by atoms with E-state index in [4.69, 9.17) is 4.74 Å². The van der Waals surface area contributed by atoms with E-state index in [1.54, 1.807) is 7.11 Å². The van der Waals surface area contributed by atoms with E-state index in [-0.39, 0.29) is 5.54 Å². The molecule has 1 aliphatic rings. The Kier molecular flexibility index (Phi) is 5.73. The van der Waals surface area contributed by atoms with Crippen LogP contribution in [0.5, 0.6) is 0 Å². The van der Waals surface area contributed by atoms with Crippen molar-refractivity contribution in [3.63, 3.8) is 0 Å². The maximum Gasteiger partial charge on any atom is 0.0474 e. The molecule has 0 saturated carbocycles. The van der Waals surface area contributed by atoms with Gasteiger partial charge in [0.1, 0.15) is 0 Å². The summed E-state index contributed by atoms with van der Waals surface area (Å²) in [6, 6.07) is 0.717. The van der Waals surface area contributed by atoms with Crippen molar-refractivity contribution < 1.29 is 4.74 Å². The average Bonchev–Trinajstić information content (AvgIpc) is 2.22. The van der Waals surface area contributed by atoms with Crippen LogP contribution in [-0.4, -0.2) is 49.8 Å². The third-order valence-electron chi connectivity index (χ3n) is 3.35. The van der Waals surface area contributed by atoms with Gasteiger partial charge in [-0.3, -0.25) is 4.90 Å². The zero-order valence-electron chi connectivity index (χ0n) is 11.4. The summed E-state index contributed by atoms with van der Waals surface area (Å²) in [7, 11) is 1.78. The first kappa shape index (κ1) is 13.9. The minimum Gasteiger partial charge on any atom is -0.385 e. The summed E-state index contributed by atoms with van der Waals surface area (Å²) in [4.78, 5) is 2.64. The van der Waals surface area contributed by atoms with E-state index in [1.807, 2.05) is 0 Å². The summed E-state index contributed by atoms with van der Waals surface area (Å²) in [6.07, 6.45) is 3.72. The summed E-state index contributed by atoms with van der Waals surface area (Å²) in [5.41, 5.74) is 0.261. The van der Waals surface area contributed by atoms with Gasteiger partial charge in [0.25, 0.3) is 0 Å². The number of nitrogens with zero attached hydrogens (tertiary/aromatic N) is 1. The molecule has 3 heteroatoms. The first-order valence-corrected chi connectivity index (χ1v) is 6.57. The first-order valence-electron chi connectivity index (χ1n) is 6.57. The van der Waals surface area contributed by atoms with Crippen molar-refractivity contribution in [1.82, 2.24) is 10.2 Å². The van der Waals surface area contributed by atoms with Gasteiger partial charge in [-0.1, -0.05) is 13.3 Å². The van der Waals surface area contributed by atoms with Gasteiger partial charge in [-0.2, -0.15) is 0 Å². The normalized spacial score (nSPS) is 25.9. The number of methoxy groups -OCH3 is 1. The molecule has 0 aromatic carbocycles. The van der Waals surface area contributed by atoms with Crippen LogP contribution in [0.2, 0.25) is 0 Å². The van der Waals surface area contributed by atoms with Crippen LogP contribution in [0.3, 0.4) is 0 Å². The largest absolute Gasteiger partial charge is 0.385 e. The predicted molar refractivity (Wildman–Crippen MR) is 68.8 cm³/mol. The molecule has 1 saturated heterocycles. The molecule has 0 bridgehead atoms. The van der Waals surface area contributed by atoms with Crippen molar-refractivity contribution in [3.05, 3.63) is 0 Å². The number of hydrogen-bond donors (Lipinski definition) is 1. The van der Waals surface area contributed by atoms with Crippen molar-refractivity contribution in [2.24, 2.45) is 0 Å². The molecule has 1 heterocycles. The first-order chi connectivity index (χ1) is 7.59. The Hall–Kier alpha value is -0.120. The summed E-state index contributed by atoms with van der Waals surface area (Å²) >= 11 is 0. The van der Waals surface area contributed by atoms with Crippen LogP contribution in [0.15, 0.2) is 0 Å². The molecule has 1 fully saturated rings. The third kappa shape index (κ3) is 4.40. The second kappa shape index (κ2) is 6.58.